The molecule has 2 aromatic carbocycles. The first-order chi connectivity index (χ1) is 15.2. The van der Waals surface area contributed by atoms with E-state index < -0.39 is 0 Å². The van der Waals surface area contributed by atoms with Crippen molar-refractivity contribution in [2.24, 2.45) is 5.92 Å². The maximum absolute atomic E-state index is 13.5. The van der Waals surface area contributed by atoms with Crippen LogP contribution in [-0.2, 0) is 11.2 Å². The molecule has 1 aromatic heterocycles. The molecule has 5 rings (SSSR count). The van der Waals surface area contributed by atoms with Crippen LogP contribution in [0.15, 0.2) is 48.5 Å². The van der Waals surface area contributed by atoms with E-state index in [2.05, 4.69) is 46.3 Å². The molecule has 1 saturated carbocycles. The highest BCUT2D eigenvalue weighted by molar-refractivity contribution is 5.86. The van der Waals surface area contributed by atoms with Crippen LogP contribution >= 0.6 is 0 Å². The number of aromatic amines is 1. The lowest BCUT2D eigenvalue weighted by Gasteiger charge is -2.36. The van der Waals surface area contributed by atoms with E-state index in [1.807, 2.05) is 19.1 Å². The molecule has 1 atom stereocenters. The number of ether oxygens (including phenoxy) is 1. The van der Waals surface area contributed by atoms with Gasteiger partial charge in [0.25, 0.3) is 0 Å². The molecule has 3 aromatic rings. The van der Waals surface area contributed by atoms with Crippen LogP contribution in [0.3, 0.4) is 0 Å². The maximum Gasteiger partial charge on any atom is 0.223 e. The van der Waals surface area contributed by atoms with Crippen molar-refractivity contribution in [1.29, 1.82) is 0 Å². The molecule has 0 saturated heterocycles. The lowest BCUT2D eigenvalue weighted by atomic mass is 9.91. The smallest absolute Gasteiger partial charge is 0.223 e. The van der Waals surface area contributed by atoms with Gasteiger partial charge >= 0.3 is 0 Å². The average molecular weight is 417 g/mol. The van der Waals surface area contributed by atoms with Gasteiger partial charge in [0, 0.05) is 29.6 Å². The summed E-state index contributed by atoms with van der Waals surface area (Å²) in [6.45, 7) is 3.40. The zero-order valence-corrected chi connectivity index (χ0v) is 18.4. The monoisotopic (exact) mass is 416 g/mol. The minimum absolute atomic E-state index is 0.0902. The molecule has 1 unspecified atom stereocenters. The molecule has 4 nitrogen and oxygen atoms in total. The maximum atomic E-state index is 13.5. The third-order valence-electron chi connectivity index (χ3n) is 7.08. The molecule has 1 amide bonds. The summed E-state index contributed by atoms with van der Waals surface area (Å²) in [5, 5.41) is 1.28. The SMILES string of the molecule is CCOc1cccc(C2c3[nH]c4ccccc4c3CCN2C(=O)CCC2CCCC2)c1. The topological polar surface area (TPSA) is 45.3 Å². The van der Waals surface area contributed by atoms with Crippen molar-refractivity contribution in [2.75, 3.05) is 13.2 Å². The predicted octanol–water partition coefficient (Wildman–Crippen LogP) is 6.01. The molecular weight excluding hydrogens is 384 g/mol. The van der Waals surface area contributed by atoms with Crippen LogP contribution in [0.25, 0.3) is 10.9 Å². The summed E-state index contributed by atoms with van der Waals surface area (Å²) in [7, 11) is 0. The molecule has 0 radical (unpaired) electrons. The number of nitrogens with zero attached hydrogens (tertiary/aromatic N) is 1. The number of aromatic nitrogens is 1. The van der Waals surface area contributed by atoms with Gasteiger partial charge in [-0.2, -0.15) is 0 Å². The first kappa shape index (κ1) is 20.2. The fraction of sp³-hybridized carbons (Fsp3) is 0.444. The summed E-state index contributed by atoms with van der Waals surface area (Å²) >= 11 is 0. The largest absolute Gasteiger partial charge is 0.494 e. The summed E-state index contributed by atoms with van der Waals surface area (Å²) in [6, 6.07) is 16.7. The van der Waals surface area contributed by atoms with Crippen LogP contribution < -0.4 is 4.74 Å². The number of H-pyrrole nitrogens is 1. The number of hydrogen-bond acceptors (Lipinski definition) is 2. The molecule has 1 aliphatic heterocycles. The van der Waals surface area contributed by atoms with E-state index in [9.17, 15) is 4.79 Å². The number of carbonyl (C=O) groups excluding carboxylic acids is 1. The molecule has 162 valence electrons. The Labute approximate surface area is 184 Å². The standard InChI is InChI=1S/C27H32N2O2/c1-2-31-21-11-7-10-20(18-21)27-26-23(22-12-5-6-13-24(22)28-26)16-17-29(27)25(30)15-14-19-8-3-4-9-19/h5-7,10-13,18-19,27-28H,2-4,8-9,14-17H2,1H3. The van der Waals surface area contributed by atoms with Crippen molar-refractivity contribution in [3.05, 3.63) is 65.4 Å². The van der Waals surface area contributed by atoms with Gasteiger partial charge in [0.05, 0.1) is 12.6 Å². The van der Waals surface area contributed by atoms with Crippen molar-refractivity contribution in [3.63, 3.8) is 0 Å². The number of fused-ring (bicyclic) bond motifs is 3. The predicted molar refractivity (Wildman–Crippen MR) is 124 cm³/mol. The molecule has 2 heterocycles. The summed E-state index contributed by atoms with van der Waals surface area (Å²) < 4.78 is 5.78. The molecule has 1 aliphatic carbocycles. The lowest BCUT2D eigenvalue weighted by Crippen LogP contribution is -2.40. The molecule has 0 bridgehead atoms. The van der Waals surface area contributed by atoms with E-state index in [0.29, 0.717) is 13.0 Å². The highest BCUT2D eigenvalue weighted by atomic mass is 16.5. The van der Waals surface area contributed by atoms with Crippen LogP contribution in [-0.4, -0.2) is 28.9 Å². The number of rotatable bonds is 6. The van der Waals surface area contributed by atoms with Crippen LogP contribution in [0.5, 0.6) is 5.75 Å². The van der Waals surface area contributed by atoms with E-state index in [1.165, 1.54) is 36.6 Å². The van der Waals surface area contributed by atoms with Gasteiger partial charge in [0.2, 0.25) is 5.91 Å². The summed E-state index contributed by atoms with van der Waals surface area (Å²) in [5.41, 5.74) is 4.78. The number of nitrogens with one attached hydrogen (secondary N) is 1. The summed E-state index contributed by atoms with van der Waals surface area (Å²) in [6.07, 6.45) is 7.82. The Hall–Kier alpha value is -2.75. The zero-order valence-electron chi connectivity index (χ0n) is 18.4. The minimum atomic E-state index is -0.0902. The van der Waals surface area contributed by atoms with E-state index in [4.69, 9.17) is 4.74 Å². The number of hydrogen-bond donors (Lipinski definition) is 1. The Bertz CT molecular complexity index is 1060. The molecule has 1 fully saturated rings. The van der Waals surface area contributed by atoms with Gasteiger partial charge in [-0.05, 0) is 55.0 Å². The molecule has 1 N–H and O–H groups in total. The molecular formula is C27H32N2O2. The highest BCUT2D eigenvalue weighted by Crippen LogP contribution is 2.40. The number of benzene rings is 2. The van der Waals surface area contributed by atoms with Gasteiger partial charge in [-0.25, -0.2) is 0 Å². The third kappa shape index (κ3) is 3.96. The quantitative estimate of drug-likeness (QED) is 0.535. The molecule has 2 aliphatic rings. The van der Waals surface area contributed by atoms with Crippen LogP contribution in [0.4, 0.5) is 0 Å². The Morgan fingerprint density at radius 2 is 1.97 bits per heavy atom. The highest BCUT2D eigenvalue weighted by Gasteiger charge is 2.34. The second kappa shape index (κ2) is 8.78. The first-order valence-corrected chi connectivity index (χ1v) is 11.9. The Morgan fingerprint density at radius 1 is 1.13 bits per heavy atom. The summed E-state index contributed by atoms with van der Waals surface area (Å²) in [5.74, 6) is 1.88. The average Bonchev–Trinajstić information content (AvgIpc) is 3.45. The molecule has 4 heteroatoms. The fourth-order valence-corrected chi connectivity index (χ4v) is 5.57. The number of amides is 1. The van der Waals surface area contributed by atoms with E-state index in [-0.39, 0.29) is 11.9 Å². The Kier molecular flexibility index (Phi) is 5.71. The first-order valence-electron chi connectivity index (χ1n) is 11.9. The van der Waals surface area contributed by atoms with Gasteiger partial charge in [0.15, 0.2) is 0 Å². The Morgan fingerprint density at radius 3 is 2.81 bits per heavy atom. The van der Waals surface area contributed by atoms with Gasteiger partial charge < -0.3 is 14.6 Å². The van der Waals surface area contributed by atoms with Gasteiger partial charge in [0.1, 0.15) is 5.75 Å². The van der Waals surface area contributed by atoms with E-state index in [1.54, 1.807) is 0 Å². The van der Waals surface area contributed by atoms with Crippen LogP contribution in [0.1, 0.15) is 68.3 Å². The second-order valence-electron chi connectivity index (χ2n) is 9.00. The van der Waals surface area contributed by atoms with Crippen molar-refractivity contribution in [2.45, 2.75) is 57.9 Å². The number of para-hydroxylation sites is 1. The van der Waals surface area contributed by atoms with E-state index in [0.717, 1.165) is 47.8 Å². The number of carbonyl (C=O) groups is 1. The van der Waals surface area contributed by atoms with Crippen molar-refractivity contribution in [3.8, 4) is 5.75 Å². The zero-order chi connectivity index (χ0) is 21.2. The normalized spacial score (nSPS) is 19.0. The van der Waals surface area contributed by atoms with Gasteiger partial charge in [-0.1, -0.05) is 56.0 Å². The van der Waals surface area contributed by atoms with Gasteiger partial charge in [-0.15, -0.1) is 0 Å². The van der Waals surface area contributed by atoms with Gasteiger partial charge in [-0.3, -0.25) is 4.79 Å². The minimum Gasteiger partial charge on any atom is -0.494 e. The molecule has 31 heavy (non-hydrogen) atoms. The van der Waals surface area contributed by atoms with Crippen molar-refractivity contribution in [1.82, 2.24) is 9.88 Å². The summed E-state index contributed by atoms with van der Waals surface area (Å²) in [4.78, 5) is 19.2. The van der Waals surface area contributed by atoms with Crippen molar-refractivity contribution < 1.29 is 9.53 Å². The Balaban J connectivity index is 1.51. The second-order valence-corrected chi connectivity index (χ2v) is 9.00. The lowest BCUT2D eigenvalue weighted by molar-refractivity contribution is -0.133. The fourth-order valence-electron chi connectivity index (χ4n) is 5.57. The van der Waals surface area contributed by atoms with Crippen LogP contribution in [0.2, 0.25) is 0 Å². The van der Waals surface area contributed by atoms with E-state index >= 15 is 0 Å². The third-order valence-corrected chi connectivity index (χ3v) is 7.08. The molecule has 0 spiro atoms. The van der Waals surface area contributed by atoms with Crippen LogP contribution in [0, 0.1) is 5.92 Å². The van der Waals surface area contributed by atoms with Crippen molar-refractivity contribution >= 4 is 16.8 Å².